The molecule has 5 heteroatoms. The summed E-state index contributed by atoms with van der Waals surface area (Å²) in [6.07, 6.45) is 0.857. The lowest BCUT2D eigenvalue weighted by molar-refractivity contribution is -0.120. The van der Waals surface area contributed by atoms with Gasteiger partial charge in [-0.3, -0.25) is 9.59 Å². The summed E-state index contributed by atoms with van der Waals surface area (Å²) in [5.74, 6) is 4.75. The van der Waals surface area contributed by atoms with E-state index in [2.05, 4.69) is 22.5 Å². The summed E-state index contributed by atoms with van der Waals surface area (Å²) in [5, 5.41) is 13.8. The van der Waals surface area contributed by atoms with Crippen LogP contribution in [0.2, 0.25) is 0 Å². The van der Waals surface area contributed by atoms with E-state index < -0.39 is 0 Å². The van der Waals surface area contributed by atoms with Gasteiger partial charge < -0.3 is 15.7 Å². The van der Waals surface area contributed by atoms with E-state index >= 15 is 0 Å². The van der Waals surface area contributed by atoms with E-state index in [1.54, 1.807) is 24.3 Å². The van der Waals surface area contributed by atoms with E-state index in [4.69, 9.17) is 5.11 Å². The van der Waals surface area contributed by atoms with Crippen LogP contribution in [0.3, 0.4) is 0 Å². The van der Waals surface area contributed by atoms with Gasteiger partial charge in [0.15, 0.2) is 0 Å². The van der Waals surface area contributed by atoms with Crippen molar-refractivity contribution in [2.75, 3.05) is 19.7 Å². The predicted molar refractivity (Wildman–Crippen MR) is 76.0 cm³/mol. The third kappa shape index (κ3) is 5.55. The first-order chi connectivity index (χ1) is 9.67. The summed E-state index contributed by atoms with van der Waals surface area (Å²) >= 11 is 0. The number of hydrogen-bond donors (Lipinski definition) is 3. The van der Waals surface area contributed by atoms with Gasteiger partial charge in [0.25, 0.3) is 5.91 Å². The molecule has 0 fully saturated rings. The minimum Gasteiger partial charge on any atom is -0.384 e. The summed E-state index contributed by atoms with van der Waals surface area (Å²) in [6.45, 7) is 2.33. The molecular weight excluding hydrogens is 256 g/mol. The van der Waals surface area contributed by atoms with Crippen LogP contribution in [0.5, 0.6) is 0 Å². The van der Waals surface area contributed by atoms with E-state index in [0.29, 0.717) is 12.1 Å². The van der Waals surface area contributed by atoms with Gasteiger partial charge in [0.1, 0.15) is 6.61 Å². The van der Waals surface area contributed by atoms with Crippen LogP contribution in [0.1, 0.15) is 29.3 Å². The van der Waals surface area contributed by atoms with Gasteiger partial charge in [-0.2, -0.15) is 0 Å². The monoisotopic (exact) mass is 274 g/mol. The number of benzene rings is 1. The maximum Gasteiger partial charge on any atom is 0.251 e. The summed E-state index contributed by atoms with van der Waals surface area (Å²) in [6, 6.07) is 6.63. The van der Waals surface area contributed by atoms with Crippen LogP contribution in [-0.2, 0) is 4.79 Å². The van der Waals surface area contributed by atoms with Crippen molar-refractivity contribution in [3.8, 4) is 11.8 Å². The van der Waals surface area contributed by atoms with Gasteiger partial charge >= 0.3 is 0 Å². The summed E-state index contributed by atoms with van der Waals surface area (Å²) < 4.78 is 0. The van der Waals surface area contributed by atoms with Crippen molar-refractivity contribution < 1.29 is 14.7 Å². The Balaban J connectivity index is 2.49. The number of aliphatic hydroxyl groups is 1. The smallest absolute Gasteiger partial charge is 0.251 e. The van der Waals surface area contributed by atoms with E-state index in [9.17, 15) is 9.59 Å². The molecule has 0 spiro atoms. The van der Waals surface area contributed by atoms with Gasteiger partial charge in [-0.25, -0.2) is 0 Å². The minimum absolute atomic E-state index is 0.0368. The average Bonchev–Trinajstić information content (AvgIpc) is 2.49. The van der Waals surface area contributed by atoms with Gasteiger partial charge in [0.05, 0.1) is 6.54 Å². The zero-order valence-corrected chi connectivity index (χ0v) is 11.4. The average molecular weight is 274 g/mol. The van der Waals surface area contributed by atoms with Crippen LogP contribution < -0.4 is 10.6 Å². The molecule has 0 aliphatic carbocycles. The number of amides is 2. The molecule has 0 saturated heterocycles. The van der Waals surface area contributed by atoms with Crippen LogP contribution in [0, 0.1) is 11.8 Å². The van der Waals surface area contributed by atoms with Crippen molar-refractivity contribution in [3.05, 3.63) is 35.4 Å². The Hall–Kier alpha value is -2.32. The molecular formula is C15H18N2O3. The Labute approximate surface area is 118 Å². The molecule has 0 aromatic heterocycles. The molecule has 0 bridgehead atoms. The molecule has 106 valence electrons. The third-order valence-corrected chi connectivity index (χ3v) is 2.44. The zero-order valence-electron chi connectivity index (χ0n) is 11.4. The molecule has 2 amide bonds. The number of carbonyl (C=O) groups is 2. The zero-order chi connectivity index (χ0) is 14.8. The van der Waals surface area contributed by atoms with E-state index in [1.807, 2.05) is 6.92 Å². The molecule has 1 aromatic rings. The van der Waals surface area contributed by atoms with Crippen LogP contribution in [0.15, 0.2) is 24.3 Å². The Morgan fingerprint density at radius 2 is 1.90 bits per heavy atom. The maximum absolute atomic E-state index is 11.8. The molecule has 0 aliphatic rings. The highest BCUT2D eigenvalue weighted by Crippen LogP contribution is 2.03. The van der Waals surface area contributed by atoms with Crippen molar-refractivity contribution in [2.45, 2.75) is 13.3 Å². The van der Waals surface area contributed by atoms with E-state index in [-0.39, 0.29) is 25.0 Å². The molecule has 1 rings (SSSR count). The van der Waals surface area contributed by atoms with Crippen molar-refractivity contribution in [1.82, 2.24) is 10.6 Å². The number of rotatable bonds is 5. The highest BCUT2D eigenvalue weighted by molar-refractivity contribution is 5.96. The second-order valence-electron chi connectivity index (χ2n) is 4.07. The van der Waals surface area contributed by atoms with Gasteiger partial charge in [-0.1, -0.05) is 18.8 Å². The Bertz CT molecular complexity index is 512. The first-order valence-electron chi connectivity index (χ1n) is 6.42. The van der Waals surface area contributed by atoms with Gasteiger partial charge in [-0.15, -0.1) is 0 Å². The summed E-state index contributed by atoms with van der Waals surface area (Å²) in [7, 11) is 0. The summed E-state index contributed by atoms with van der Waals surface area (Å²) in [4.78, 5) is 23.1. The fourth-order valence-electron chi connectivity index (χ4n) is 1.44. The van der Waals surface area contributed by atoms with Crippen molar-refractivity contribution >= 4 is 11.8 Å². The highest BCUT2D eigenvalue weighted by atomic mass is 16.2. The number of aliphatic hydroxyl groups excluding tert-OH is 1. The molecule has 0 aliphatic heterocycles. The molecule has 3 N–H and O–H groups in total. The third-order valence-electron chi connectivity index (χ3n) is 2.44. The fourth-order valence-corrected chi connectivity index (χ4v) is 1.44. The second kappa shape index (κ2) is 8.73. The SMILES string of the molecule is CCCNC(=O)CNC(=O)c1ccc(C#CCO)cc1. The molecule has 20 heavy (non-hydrogen) atoms. The molecule has 0 radical (unpaired) electrons. The number of carbonyl (C=O) groups excluding carboxylic acids is 2. The van der Waals surface area contributed by atoms with Gasteiger partial charge in [0.2, 0.25) is 5.91 Å². The predicted octanol–water partition coefficient (Wildman–Crippen LogP) is 0.286. The van der Waals surface area contributed by atoms with E-state index in [1.165, 1.54) is 0 Å². The summed E-state index contributed by atoms with van der Waals surface area (Å²) in [5.41, 5.74) is 1.18. The van der Waals surface area contributed by atoms with Crippen molar-refractivity contribution in [3.63, 3.8) is 0 Å². The first-order valence-corrected chi connectivity index (χ1v) is 6.42. The lowest BCUT2D eigenvalue weighted by Gasteiger charge is -2.06. The highest BCUT2D eigenvalue weighted by Gasteiger charge is 2.07. The van der Waals surface area contributed by atoms with Gasteiger partial charge in [-0.05, 0) is 30.7 Å². The Morgan fingerprint density at radius 3 is 2.50 bits per heavy atom. The number of nitrogens with one attached hydrogen (secondary N) is 2. The molecule has 1 aromatic carbocycles. The Kier molecular flexibility index (Phi) is 6.87. The van der Waals surface area contributed by atoms with Crippen LogP contribution >= 0.6 is 0 Å². The lowest BCUT2D eigenvalue weighted by Crippen LogP contribution is -2.37. The van der Waals surface area contributed by atoms with Crippen LogP contribution in [-0.4, -0.2) is 36.6 Å². The lowest BCUT2D eigenvalue weighted by atomic mass is 10.1. The molecule has 0 heterocycles. The fraction of sp³-hybridized carbons (Fsp3) is 0.333. The topological polar surface area (TPSA) is 78.4 Å². The van der Waals surface area contributed by atoms with E-state index in [0.717, 1.165) is 12.0 Å². The number of hydrogen-bond acceptors (Lipinski definition) is 3. The second-order valence-corrected chi connectivity index (χ2v) is 4.07. The quantitative estimate of drug-likeness (QED) is 0.675. The molecule has 0 saturated carbocycles. The standard InChI is InChI=1S/C15H18N2O3/c1-2-9-16-14(19)11-17-15(20)13-7-5-12(6-8-13)4-3-10-18/h5-8,18H,2,9-11H2,1H3,(H,16,19)(H,17,20). The normalized spacial score (nSPS) is 9.30. The minimum atomic E-state index is -0.307. The molecule has 0 atom stereocenters. The van der Waals surface area contributed by atoms with Crippen molar-refractivity contribution in [1.29, 1.82) is 0 Å². The Morgan fingerprint density at radius 1 is 1.20 bits per heavy atom. The van der Waals surface area contributed by atoms with Crippen molar-refractivity contribution in [2.24, 2.45) is 0 Å². The van der Waals surface area contributed by atoms with Crippen LogP contribution in [0.4, 0.5) is 0 Å². The first kappa shape index (κ1) is 15.7. The van der Waals surface area contributed by atoms with Gasteiger partial charge in [0, 0.05) is 17.7 Å². The van der Waals surface area contributed by atoms with Crippen LogP contribution in [0.25, 0.3) is 0 Å². The molecule has 0 unspecified atom stereocenters. The maximum atomic E-state index is 11.8. The molecule has 5 nitrogen and oxygen atoms in total. The largest absolute Gasteiger partial charge is 0.384 e.